The van der Waals surface area contributed by atoms with E-state index >= 15 is 0 Å². The fraction of sp³-hybridized carbons (Fsp3) is 0.750. The highest BCUT2D eigenvalue weighted by Gasteiger charge is 2.35. The van der Waals surface area contributed by atoms with Crippen LogP contribution in [0.2, 0.25) is 0 Å². The predicted octanol–water partition coefficient (Wildman–Crippen LogP) is 3.02. The molecule has 28 heavy (non-hydrogen) atoms. The maximum absolute atomic E-state index is 12.6. The standard InChI is InChI=1S/C20H34N4O2S2/c1-4-24(5-2)28(25,26)19-11-10-18(27-19)12-13-22-20(21-3)23-14-16-8-6-7-9-17(16)15-23/h10-11,16-17H,4-9,12-15H2,1-3H3,(H,21,22). The minimum Gasteiger partial charge on any atom is -0.356 e. The number of aliphatic imine (C=N–C) groups is 1. The normalized spacial score (nSPS) is 23.3. The predicted molar refractivity (Wildman–Crippen MR) is 117 cm³/mol. The largest absolute Gasteiger partial charge is 0.356 e. The number of rotatable bonds is 7. The van der Waals surface area contributed by atoms with Gasteiger partial charge in [-0.25, -0.2) is 8.42 Å². The van der Waals surface area contributed by atoms with Crippen molar-refractivity contribution < 1.29 is 8.42 Å². The topological polar surface area (TPSA) is 65.0 Å². The lowest BCUT2D eigenvalue weighted by atomic mass is 9.82. The Bertz CT molecular complexity index is 757. The van der Waals surface area contributed by atoms with Gasteiger partial charge in [0, 0.05) is 44.6 Å². The van der Waals surface area contributed by atoms with E-state index < -0.39 is 10.0 Å². The minimum atomic E-state index is -3.35. The van der Waals surface area contributed by atoms with Crippen molar-refractivity contribution >= 4 is 27.3 Å². The van der Waals surface area contributed by atoms with Crippen molar-refractivity contribution in [3.05, 3.63) is 17.0 Å². The van der Waals surface area contributed by atoms with Gasteiger partial charge in [0.1, 0.15) is 4.21 Å². The molecule has 1 aromatic heterocycles. The van der Waals surface area contributed by atoms with E-state index in [0.717, 1.165) is 48.7 Å². The van der Waals surface area contributed by atoms with E-state index in [4.69, 9.17) is 0 Å². The van der Waals surface area contributed by atoms with Gasteiger partial charge >= 0.3 is 0 Å². The van der Waals surface area contributed by atoms with Crippen LogP contribution in [0, 0.1) is 11.8 Å². The molecule has 1 N–H and O–H groups in total. The number of fused-ring (bicyclic) bond motifs is 1. The molecule has 2 unspecified atom stereocenters. The summed E-state index contributed by atoms with van der Waals surface area (Å²) < 4.78 is 27.2. The van der Waals surface area contributed by atoms with Crippen molar-refractivity contribution in [3.63, 3.8) is 0 Å². The van der Waals surface area contributed by atoms with Crippen molar-refractivity contribution in [3.8, 4) is 0 Å². The highest BCUT2D eigenvalue weighted by molar-refractivity contribution is 7.91. The number of sulfonamides is 1. The smallest absolute Gasteiger partial charge is 0.252 e. The summed E-state index contributed by atoms with van der Waals surface area (Å²) in [5.74, 6) is 2.65. The van der Waals surface area contributed by atoms with E-state index in [2.05, 4.69) is 15.2 Å². The van der Waals surface area contributed by atoms with Gasteiger partial charge < -0.3 is 10.2 Å². The highest BCUT2D eigenvalue weighted by Crippen LogP contribution is 2.36. The zero-order chi connectivity index (χ0) is 20.1. The van der Waals surface area contributed by atoms with Gasteiger partial charge in [0.15, 0.2) is 5.96 Å². The first-order chi connectivity index (χ1) is 13.5. The fourth-order valence-corrected chi connectivity index (χ4v) is 7.50. The molecule has 0 radical (unpaired) electrons. The molecule has 1 aliphatic carbocycles. The van der Waals surface area contributed by atoms with Gasteiger partial charge in [0.25, 0.3) is 10.0 Å². The quantitative estimate of drug-likeness (QED) is 0.538. The van der Waals surface area contributed by atoms with E-state index in [1.807, 2.05) is 27.0 Å². The summed E-state index contributed by atoms with van der Waals surface area (Å²) in [4.78, 5) is 7.98. The molecule has 2 fully saturated rings. The summed E-state index contributed by atoms with van der Waals surface area (Å²) in [5.41, 5.74) is 0. The van der Waals surface area contributed by atoms with Crippen molar-refractivity contribution in [1.29, 1.82) is 0 Å². The second-order valence-corrected chi connectivity index (χ2v) is 11.1. The molecule has 8 heteroatoms. The van der Waals surface area contributed by atoms with Gasteiger partial charge in [0.2, 0.25) is 0 Å². The third kappa shape index (κ3) is 4.71. The van der Waals surface area contributed by atoms with Crippen LogP contribution < -0.4 is 5.32 Å². The van der Waals surface area contributed by atoms with E-state index in [1.54, 1.807) is 6.07 Å². The van der Waals surface area contributed by atoms with Gasteiger partial charge in [-0.1, -0.05) is 26.7 Å². The molecule has 1 saturated carbocycles. The van der Waals surface area contributed by atoms with E-state index in [0.29, 0.717) is 17.3 Å². The zero-order valence-corrected chi connectivity index (χ0v) is 19.0. The second kappa shape index (κ2) is 9.59. The van der Waals surface area contributed by atoms with Crippen LogP contribution in [0.25, 0.3) is 0 Å². The van der Waals surface area contributed by atoms with Crippen LogP contribution in [0.3, 0.4) is 0 Å². The molecule has 3 rings (SSSR count). The molecule has 0 bridgehead atoms. The number of nitrogens with one attached hydrogen (secondary N) is 1. The number of nitrogens with zero attached hydrogens (tertiary/aromatic N) is 3. The molecule has 0 amide bonds. The first-order valence-corrected chi connectivity index (χ1v) is 12.8. The van der Waals surface area contributed by atoms with E-state index in [9.17, 15) is 8.42 Å². The monoisotopic (exact) mass is 426 g/mol. The van der Waals surface area contributed by atoms with Gasteiger partial charge in [-0.2, -0.15) is 4.31 Å². The molecular formula is C20H34N4O2S2. The average Bonchev–Trinajstić information content (AvgIpc) is 3.33. The molecule has 158 valence electrons. The number of hydrogen-bond acceptors (Lipinski definition) is 4. The second-order valence-electron chi connectivity index (χ2n) is 7.74. The number of thiophene rings is 1. The Kier molecular flexibility index (Phi) is 7.39. The maximum atomic E-state index is 12.6. The Morgan fingerprint density at radius 3 is 2.43 bits per heavy atom. The first-order valence-electron chi connectivity index (χ1n) is 10.5. The molecular weight excluding hydrogens is 392 g/mol. The van der Waals surface area contributed by atoms with Crippen LogP contribution in [0.15, 0.2) is 21.3 Å². The molecule has 1 saturated heterocycles. The third-order valence-electron chi connectivity index (χ3n) is 6.08. The van der Waals surface area contributed by atoms with Crippen LogP contribution >= 0.6 is 11.3 Å². The Hall–Kier alpha value is -1.12. The van der Waals surface area contributed by atoms with Crippen LogP contribution in [0.5, 0.6) is 0 Å². The van der Waals surface area contributed by atoms with Crippen molar-refractivity contribution in [2.75, 3.05) is 39.8 Å². The number of hydrogen-bond donors (Lipinski definition) is 1. The highest BCUT2D eigenvalue weighted by atomic mass is 32.2. The number of likely N-dealkylation sites (tertiary alicyclic amines) is 1. The van der Waals surface area contributed by atoms with Crippen LogP contribution in [-0.4, -0.2) is 63.4 Å². The molecule has 0 aromatic carbocycles. The van der Waals surface area contributed by atoms with Crippen molar-refractivity contribution in [2.24, 2.45) is 16.8 Å². The van der Waals surface area contributed by atoms with Crippen molar-refractivity contribution in [1.82, 2.24) is 14.5 Å². The molecule has 2 atom stereocenters. The summed E-state index contributed by atoms with van der Waals surface area (Å²) in [5, 5.41) is 3.49. The lowest BCUT2D eigenvalue weighted by Crippen LogP contribution is -2.41. The summed E-state index contributed by atoms with van der Waals surface area (Å²) >= 11 is 1.38. The summed E-state index contributed by atoms with van der Waals surface area (Å²) in [6.45, 7) is 7.76. The fourth-order valence-electron chi connectivity index (χ4n) is 4.53. The van der Waals surface area contributed by atoms with Crippen LogP contribution in [-0.2, 0) is 16.4 Å². The lowest BCUT2D eigenvalue weighted by Gasteiger charge is -2.22. The molecule has 1 aromatic rings. The number of guanidine groups is 1. The first kappa shape index (κ1) is 21.6. The van der Waals surface area contributed by atoms with Crippen LogP contribution in [0.4, 0.5) is 0 Å². The summed E-state index contributed by atoms with van der Waals surface area (Å²) in [6.07, 6.45) is 6.27. The third-order valence-corrected chi connectivity index (χ3v) is 9.74. The van der Waals surface area contributed by atoms with E-state index in [1.165, 1.54) is 41.3 Å². The molecule has 2 aliphatic rings. The molecule has 6 nitrogen and oxygen atoms in total. The van der Waals surface area contributed by atoms with E-state index in [-0.39, 0.29) is 0 Å². The Labute approximate surface area is 174 Å². The molecule has 0 spiro atoms. The van der Waals surface area contributed by atoms with Crippen molar-refractivity contribution in [2.45, 2.75) is 50.2 Å². The maximum Gasteiger partial charge on any atom is 0.252 e. The van der Waals surface area contributed by atoms with Gasteiger partial charge in [0.05, 0.1) is 0 Å². The lowest BCUT2D eigenvalue weighted by molar-refractivity contribution is 0.299. The molecule has 2 heterocycles. The SMILES string of the molecule is CCN(CC)S(=O)(=O)c1ccc(CCNC(=NC)N2CC3CCCCC3C2)s1. The summed E-state index contributed by atoms with van der Waals surface area (Å²) in [6, 6.07) is 3.68. The van der Waals surface area contributed by atoms with Gasteiger partial charge in [-0.15, -0.1) is 11.3 Å². The van der Waals surface area contributed by atoms with Crippen LogP contribution in [0.1, 0.15) is 44.4 Å². The molecule has 1 aliphatic heterocycles. The van der Waals surface area contributed by atoms with Gasteiger partial charge in [-0.3, -0.25) is 4.99 Å². The zero-order valence-electron chi connectivity index (χ0n) is 17.4. The minimum absolute atomic E-state index is 0.444. The Morgan fingerprint density at radius 1 is 1.21 bits per heavy atom. The Balaban J connectivity index is 1.53. The summed E-state index contributed by atoms with van der Waals surface area (Å²) in [7, 11) is -1.50. The average molecular weight is 427 g/mol. The van der Waals surface area contributed by atoms with Gasteiger partial charge in [-0.05, 0) is 43.2 Å². The Morgan fingerprint density at radius 2 is 1.86 bits per heavy atom.